The van der Waals surface area contributed by atoms with Crippen LogP contribution < -0.4 is 5.73 Å². The maximum Gasteiger partial charge on any atom is 0.110 e. The van der Waals surface area contributed by atoms with Crippen molar-refractivity contribution in [1.29, 1.82) is 5.26 Å². The molecule has 0 radical (unpaired) electrons. The van der Waals surface area contributed by atoms with E-state index in [1.165, 1.54) is 5.56 Å². The Bertz CT molecular complexity index is 389. The quantitative estimate of drug-likeness (QED) is 0.823. The van der Waals surface area contributed by atoms with E-state index in [4.69, 9.17) is 5.73 Å². The van der Waals surface area contributed by atoms with E-state index < -0.39 is 5.54 Å². The van der Waals surface area contributed by atoms with Crippen molar-refractivity contribution in [2.24, 2.45) is 5.73 Å². The zero-order valence-electron chi connectivity index (χ0n) is 9.56. The number of hydrogen-bond acceptors (Lipinski definition) is 3. The maximum absolute atomic E-state index is 9.34. The van der Waals surface area contributed by atoms with Gasteiger partial charge in [-0.1, -0.05) is 30.3 Å². The minimum atomic E-state index is -0.419. The first-order chi connectivity index (χ1) is 7.64. The van der Waals surface area contributed by atoms with Gasteiger partial charge >= 0.3 is 0 Å². The van der Waals surface area contributed by atoms with Gasteiger partial charge in [-0.05, 0) is 12.5 Å². The maximum atomic E-state index is 9.34. The fourth-order valence-corrected chi connectivity index (χ4v) is 2.13. The molecule has 1 aliphatic heterocycles. The van der Waals surface area contributed by atoms with Crippen LogP contribution in [0.25, 0.3) is 0 Å². The highest BCUT2D eigenvalue weighted by Crippen LogP contribution is 2.24. The summed E-state index contributed by atoms with van der Waals surface area (Å²) in [5, 5.41) is 9.34. The molecule has 16 heavy (non-hydrogen) atoms. The molecule has 0 amide bonds. The van der Waals surface area contributed by atoms with Gasteiger partial charge in [-0.25, -0.2) is 0 Å². The first-order valence-electron chi connectivity index (χ1n) is 5.60. The lowest BCUT2D eigenvalue weighted by Crippen LogP contribution is -2.64. The van der Waals surface area contributed by atoms with Crippen molar-refractivity contribution in [3.63, 3.8) is 0 Å². The number of hydrogen-bond donors (Lipinski definition) is 1. The summed E-state index contributed by atoms with van der Waals surface area (Å²) in [5.41, 5.74) is 6.54. The highest BCUT2D eigenvalue weighted by atomic mass is 15.3. The van der Waals surface area contributed by atoms with Crippen LogP contribution in [0.5, 0.6) is 0 Å². The van der Waals surface area contributed by atoms with Gasteiger partial charge in [-0.2, -0.15) is 5.26 Å². The Morgan fingerprint density at radius 2 is 2.06 bits per heavy atom. The molecule has 2 N–H and O–H groups in total. The summed E-state index contributed by atoms with van der Waals surface area (Å²) >= 11 is 0. The molecule has 1 aromatic rings. The molecule has 0 spiro atoms. The zero-order chi connectivity index (χ0) is 11.6. The lowest BCUT2D eigenvalue weighted by Gasteiger charge is -2.46. The molecule has 84 valence electrons. The average Bonchev–Trinajstić information content (AvgIpc) is 2.26. The third-order valence-corrected chi connectivity index (χ3v) is 3.24. The van der Waals surface area contributed by atoms with Crippen LogP contribution in [0.1, 0.15) is 12.5 Å². The third kappa shape index (κ3) is 2.08. The Labute approximate surface area is 96.5 Å². The summed E-state index contributed by atoms with van der Waals surface area (Å²) in [5.74, 6) is 0. The number of nitrogens with two attached hydrogens (primary N) is 1. The number of likely N-dealkylation sites (tertiary alicyclic amines) is 1. The van der Waals surface area contributed by atoms with E-state index in [1.807, 2.05) is 25.1 Å². The van der Waals surface area contributed by atoms with Crippen molar-refractivity contribution >= 4 is 0 Å². The van der Waals surface area contributed by atoms with Crippen molar-refractivity contribution in [3.8, 4) is 6.07 Å². The predicted octanol–water partition coefficient (Wildman–Crippen LogP) is 1.15. The molecule has 3 heteroatoms. The highest BCUT2D eigenvalue weighted by molar-refractivity contribution is 5.22. The van der Waals surface area contributed by atoms with E-state index in [2.05, 4.69) is 23.1 Å². The van der Waals surface area contributed by atoms with E-state index in [-0.39, 0.29) is 6.04 Å². The minimum absolute atomic E-state index is 0.239. The molecule has 0 unspecified atom stereocenters. The second-order valence-electron chi connectivity index (χ2n) is 4.71. The van der Waals surface area contributed by atoms with Crippen LogP contribution in [0.2, 0.25) is 0 Å². The van der Waals surface area contributed by atoms with Gasteiger partial charge in [0.15, 0.2) is 0 Å². The topological polar surface area (TPSA) is 53.0 Å². The van der Waals surface area contributed by atoms with Crippen molar-refractivity contribution in [2.75, 3.05) is 13.1 Å². The molecule has 0 aliphatic carbocycles. The summed E-state index contributed by atoms with van der Waals surface area (Å²) in [4.78, 5) is 2.16. The van der Waals surface area contributed by atoms with Crippen molar-refractivity contribution in [2.45, 2.75) is 24.9 Å². The molecule has 0 saturated carbocycles. The van der Waals surface area contributed by atoms with Crippen LogP contribution in [0.4, 0.5) is 0 Å². The zero-order valence-corrected chi connectivity index (χ0v) is 9.56. The monoisotopic (exact) mass is 215 g/mol. The minimum Gasteiger partial charge on any atom is -0.325 e. The summed E-state index contributed by atoms with van der Waals surface area (Å²) in [6, 6.07) is 12.8. The Balaban J connectivity index is 2.09. The van der Waals surface area contributed by atoms with Crippen molar-refractivity contribution < 1.29 is 0 Å². The smallest absolute Gasteiger partial charge is 0.110 e. The summed E-state index contributed by atoms with van der Waals surface area (Å²) in [6.45, 7) is 3.65. The molecule has 0 aromatic heterocycles. The Morgan fingerprint density at radius 1 is 1.44 bits per heavy atom. The van der Waals surface area contributed by atoms with Gasteiger partial charge in [-0.15, -0.1) is 0 Å². The van der Waals surface area contributed by atoms with Crippen LogP contribution in [0.15, 0.2) is 30.3 Å². The predicted molar refractivity (Wildman–Crippen MR) is 63.7 cm³/mol. The molecule has 1 heterocycles. The standard InChI is InChI=1S/C13H17N3/c1-13(10-14,16-8-12(15)9-16)7-11-5-3-2-4-6-11/h2-6,12H,7-9,15H2,1H3/t13-/m1/s1. The second kappa shape index (κ2) is 4.25. The van der Waals surface area contributed by atoms with Gasteiger partial charge in [0.05, 0.1) is 6.07 Å². The third-order valence-electron chi connectivity index (χ3n) is 3.24. The van der Waals surface area contributed by atoms with Crippen LogP contribution in [0.3, 0.4) is 0 Å². The first kappa shape index (κ1) is 11.1. The Kier molecular flexibility index (Phi) is 2.95. The number of nitriles is 1. The van der Waals surface area contributed by atoms with Crippen LogP contribution in [0, 0.1) is 11.3 Å². The molecule has 1 fully saturated rings. The molecule has 1 aromatic carbocycles. The second-order valence-corrected chi connectivity index (χ2v) is 4.71. The van der Waals surface area contributed by atoms with Gasteiger partial charge < -0.3 is 5.73 Å². The van der Waals surface area contributed by atoms with E-state index in [0.717, 1.165) is 19.5 Å². The molecule has 0 bridgehead atoms. The molecular formula is C13H17N3. The molecular weight excluding hydrogens is 198 g/mol. The molecule has 1 saturated heterocycles. The van der Waals surface area contributed by atoms with Gasteiger partial charge in [-0.3, -0.25) is 4.90 Å². The number of benzene rings is 1. The van der Waals surface area contributed by atoms with Crippen LogP contribution in [-0.2, 0) is 6.42 Å². The van der Waals surface area contributed by atoms with E-state index in [0.29, 0.717) is 0 Å². The van der Waals surface area contributed by atoms with Gasteiger partial charge in [0, 0.05) is 25.6 Å². The van der Waals surface area contributed by atoms with Crippen LogP contribution >= 0.6 is 0 Å². The summed E-state index contributed by atoms with van der Waals surface area (Å²) in [7, 11) is 0. The fourth-order valence-electron chi connectivity index (χ4n) is 2.13. The van der Waals surface area contributed by atoms with Gasteiger partial charge in [0.25, 0.3) is 0 Å². The molecule has 2 rings (SSSR count). The fraction of sp³-hybridized carbons (Fsp3) is 0.462. The highest BCUT2D eigenvalue weighted by Gasteiger charge is 2.39. The largest absolute Gasteiger partial charge is 0.325 e. The van der Waals surface area contributed by atoms with Crippen molar-refractivity contribution in [3.05, 3.63) is 35.9 Å². The van der Waals surface area contributed by atoms with E-state index >= 15 is 0 Å². The Morgan fingerprint density at radius 3 is 2.56 bits per heavy atom. The van der Waals surface area contributed by atoms with E-state index in [1.54, 1.807) is 0 Å². The molecule has 1 aliphatic rings. The molecule has 1 atom stereocenters. The van der Waals surface area contributed by atoms with Crippen LogP contribution in [-0.4, -0.2) is 29.6 Å². The average molecular weight is 215 g/mol. The SMILES string of the molecule is C[C@](C#N)(Cc1ccccc1)N1CC(N)C1. The summed E-state index contributed by atoms with van der Waals surface area (Å²) in [6.07, 6.45) is 0.761. The molecule has 3 nitrogen and oxygen atoms in total. The number of nitrogens with zero attached hydrogens (tertiary/aromatic N) is 2. The number of rotatable bonds is 3. The van der Waals surface area contributed by atoms with Gasteiger partial charge in [0.2, 0.25) is 0 Å². The summed E-state index contributed by atoms with van der Waals surface area (Å²) < 4.78 is 0. The normalized spacial score (nSPS) is 20.8. The first-order valence-corrected chi connectivity index (χ1v) is 5.60. The van der Waals surface area contributed by atoms with Gasteiger partial charge in [0.1, 0.15) is 5.54 Å². The van der Waals surface area contributed by atoms with Crippen molar-refractivity contribution in [1.82, 2.24) is 4.90 Å². The lowest BCUT2D eigenvalue weighted by atomic mass is 9.88. The Hall–Kier alpha value is -1.37. The lowest BCUT2D eigenvalue weighted by molar-refractivity contribution is 0.0611. The van der Waals surface area contributed by atoms with E-state index in [9.17, 15) is 5.26 Å².